The smallest absolute Gasteiger partial charge is 0.326 e. The van der Waals surface area contributed by atoms with E-state index in [1.165, 1.54) is 0 Å². The summed E-state index contributed by atoms with van der Waals surface area (Å²) in [6.45, 7) is 1.79. The number of hydrogen-bond donors (Lipinski definition) is 1. The quantitative estimate of drug-likeness (QED) is 0.892. The first-order valence-corrected chi connectivity index (χ1v) is 9.87. The van der Waals surface area contributed by atoms with Gasteiger partial charge in [-0.3, -0.25) is 4.79 Å². The molecule has 0 radical (unpaired) electrons. The van der Waals surface area contributed by atoms with E-state index < -0.39 is 12.0 Å². The molecule has 3 aliphatic rings. The number of hydrogen-bond acceptors (Lipinski definition) is 5. The van der Waals surface area contributed by atoms with Gasteiger partial charge in [-0.1, -0.05) is 18.0 Å². The Hall–Kier alpha value is -2.44. The highest BCUT2D eigenvalue weighted by Gasteiger charge is 2.48. The molecule has 2 saturated carbocycles. The van der Waals surface area contributed by atoms with E-state index in [1.807, 2.05) is 6.07 Å². The molecule has 0 spiro atoms. The molecule has 1 amide bonds. The van der Waals surface area contributed by atoms with Crippen LogP contribution < -0.4 is 0 Å². The van der Waals surface area contributed by atoms with Crippen molar-refractivity contribution in [2.24, 2.45) is 5.92 Å². The molecule has 3 heterocycles. The van der Waals surface area contributed by atoms with Gasteiger partial charge < -0.3 is 14.5 Å². The Kier molecular flexibility index (Phi) is 3.74. The van der Waals surface area contributed by atoms with Crippen molar-refractivity contribution >= 4 is 23.0 Å². The fourth-order valence-electron chi connectivity index (χ4n) is 4.98. The zero-order valence-corrected chi connectivity index (χ0v) is 15.4. The van der Waals surface area contributed by atoms with E-state index in [2.05, 4.69) is 10.1 Å². The highest BCUT2D eigenvalue weighted by molar-refractivity contribution is 6.07. The molecule has 0 aromatic carbocycles. The maximum absolute atomic E-state index is 13.6. The lowest BCUT2D eigenvalue weighted by Crippen LogP contribution is -2.46. The van der Waals surface area contributed by atoms with Crippen molar-refractivity contribution in [2.75, 3.05) is 0 Å². The van der Waals surface area contributed by atoms with Crippen LogP contribution in [0.4, 0.5) is 0 Å². The second-order valence-electron chi connectivity index (χ2n) is 8.23. The van der Waals surface area contributed by atoms with Crippen molar-refractivity contribution < 1.29 is 19.2 Å². The Morgan fingerprint density at radius 3 is 2.74 bits per heavy atom. The van der Waals surface area contributed by atoms with Gasteiger partial charge in [-0.2, -0.15) is 0 Å². The van der Waals surface area contributed by atoms with E-state index in [0.717, 1.165) is 44.2 Å². The number of carbonyl (C=O) groups excluding carboxylic acids is 1. The number of amides is 1. The zero-order valence-electron chi connectivity index (χ0n) is 15.4. The molecule has 2 aromatic rings. The zero-order chi connectivity index (χ0) is 18.7. The summed E-state index contributed by atoms with van der Waals surface area (Å²) >= 11 is 0. The lowest BCUT2D eigenvalue weighted by atomic mass is 9.84. The third kappa shape index (κ3) is 2.63. The summed E-state index contributed by atoms with van der Waals surface area (Å²) in [6, 6.07) is 1.11. The minimum absolute atomic E-state index is 0.0140. The average molecular weight is 369 g/mol. The van der Waals surface area contributed by atoms with Crippen molar-refractivity contribution in [2.45, 2.75) is 69.9 Å². The Balaban J connectivity index is 1.61. The van der Waals surface area contributed by atoms with Gasteiger partial charge in [0.15, 0.2) is 0 Å². The van der Waals surface area contributed by atoms with Gasteiger partial charge in [0, 0.05) is 17.7 Å². The number of carboxylic acids is 1. The van der Waals surface area contributed by atoms with Gasteiger partial charge in [0.25, 0.3) is 11.6 Å². The number of rotatable bonds is 3. The summed E-state index contributed by atoms with van der Waals surface area (Å²) in [5.41, 5.74) is 2.35. The summed E-state index contributed by atoms with van der Waals surface area (Å²) in [5.74, 6) is -0.472. The molecule has 2 aliphatic carbocycles. The van der Waals surface area contributed by atoms with Crippen molar-refractivity contribution in [3.8, 4) is 0 Å². The highest BCUT2D eigenvalue weighted by atomic mass is 16.5. The first kappa shape index (κ1) is 16.7. The van der Waals surface area contributed by atoms with E-state index in [0.29, 0.717) is 34.7 Å². The van der Waals surface area contributed by atoms with E-state index in [-0.39, 0.29) is 17.9 Å². The SMILES string of the molecule is Cc1noc2nc(C3CC3)cc(C(=O)N3[C@@H]4CCCC[C@@H]4C[C@H]3C(=O)O)c12. The predicted molar refractivity (Wildman–Crippen MR) is 96.5 cm³/mol. The lowest BCUT2D eigenvalue weighted by Gasteiger charge is -2.33. The highest BCUT2D eigenvalue weighted by Crippen LogP contribution is 2.43. The van der Waals surface area contributed by atoms with Gasteiger partial charge in [-0.15, -0.1) is 0 Å². The second-order valence-corrected chi connectivity index (χ2v) is 8.23. The maximum Gasteiger partial charge on any atom is 0.326 e. The van der Waals surface area contributed by atoms with Crippen molar-refractivity contribution in [1.29, 1.82) is 0 Å². The molecule has 7 nitrogen and oxygen atoms in total. The van der Waals surface area contributed by atoms with E-state index in [1.54, 1.807) is 11.8 Å². The van der Waals surface area contributed by atoms with Crippen LogP contribution in [0.2, 0.25) is 0 Å². The van der Waals surface area contributed by atoms with Crippen molar-refractivity contribution in [3.63, 3.8) is 0 Å². The van der Waals surface area contributed by atoms with E-state index in [4.69, 9.17) is 4.52 Å². The van der Waals surface area contributed by atoms with Crippen LogP contribution in [0.3, 0.4) is 0 Å². The monoisotopic (exact) mass is 369 g/mol. The standard InChI is InChI=1S/C20H23N3O4/c1-10-17-13(9-14(11-6-7-11)21-18(17)27-22-10)19(24)23-15-5-3-2-4-12(15)8-16(23)20(25)26/h9,11-12,15-16H,2-8H2,1H3,(H,25,26)/t12-,15-,16+/m1/s1. The minimum Gasteiger partial charge on any atom is -0.480 e. The summed E-state index contributed by atoms with van der Waals surface area (Å²) < 4.78 is 5.35. The summed E-state index contributed by atoms with van der Waals surface area (Å²) in [7, 11) is 0. The number of likely N-dealkylation sites (tertiary alicyclic amines) is 1. The van der Waals surface area contributed by atoms with E-state index >= 15 is 0 Å². The molecule has 0 unspecified atom stereocenters. The van der Waals surface area contributed by atoms with Crippen LogP contribution in [-0.2, 0) is 4.79 Å². The predicted octanol–water partition coefficient (Wildman–Crippen LogP) is 3.27. The molecule has 1 N–H and O–H groups in total. The molecule has 7 heteroatoms. The van der Waals surface area contributed by atoms with Gasteiger partial charge >= 0.3 is 5.97 Å². The summed E-state index contributed by atoms with van der Waals surface area (Å²) in [4.78, 5) is 31.8. The molecular formula is C20H23N3O4. The number of carbonyl (C=O) groups is 2. The Morgan fingerprint density at radius 1 is 1.22 bits per heavy atom. The Bertz CT molecular complexity index is 933. The van der Waals surface area contributed by atoms with Gasteiger partial charge in [0.2, 0.25) is 0 Å². The summed E-state index contributed by atoms with van der Waals surface area (Å²) in [5, 5.41) is 14.4. The first-order chi connectivity index (χ1) is 13.0. The van der Waals surface area contributed by atoms with Crippen LogP contribution in [-0.4, -0.2) is 44.1 Å². The van der Waals surface area contributed by atoms with Crippen LogP contribution in [0.15, 0.2) is 10.6 Å². The molecule has 3 fully saturated rings. The Morgan fingerprint density at radius 2 is 2.00 bits per heavy atom. The Labute approximate surface area is 156 Å². The number of nitrogens with zero attached hydrogens (tertiary/aromatic N) is 3. The topological polar surface area (TPSA) is 96.5 Å². The third-order valence-corrected chi connectivity index (χ3v) is 6.47. The third-order valence-electron chi connectivity index (χ3n) is 6.47. The normalized spacial score (nSPS) is 27.7. The van der Waals surface area contributed by atoms with Crippen molar-refractivity contribution in [1.82, 2.24) is 15.0 Å². The number of fused-ring (bicyclic) bond motifs is 2. The van der Waals surface area contributed by atoms with Crippen LogP contribution in [0.5, 0.6) is 0 Å². The molecule has 5 rings (SSSR count). The lowest BCUT2D eigenvalue weighted by molar-refractivity contribution is -0.141. The number of pyridine rings is 1. The molecule has 1 saturated heterocycles. The molecule has 1 aliphatic heterocycles. The number of aromatic nitrogens is 2. The molecule has 142 valence electrons. The molecule has 27 heavy (non-hydrogen) atoms. The number of aliphatic carboxylic acids is 1. The fourth-order valence-corrected chi connectivity index (χ4v) is 4.98. The number of aryl methyl sites for hydroxylation is 1. The van der Waals surface area contributed by atoms with Crippen LogP contribution in [0.1, 0.15) is 72.6 Å². The van der Waals surface area contributed by atoms with Gasteiger partial charge in [0.05, 0.1) is 16.6 Å². The molecule has 0 bridgehead atoms. The van der Waals surface area contributed by atoms with Crippen LogP contribution in [0.25, 0.3) is 11.1 Å². The molecular weight excluding hydrogens is 346 g/mol. The van der Waals surface area contributed by atoms with Gasteiger partial charge in [0.1, 0.15) is 6.04 Å². The van der Waals surface area contributed by atoms with E-state index in [9.17, 15) is 14.7 Å². The largest absolute Gasteiger partial charge is 0.480 e. The molecule has 2 aromatic heterocycles. The minimum atomic E-state index is -0.910. The maximum atomic E-state index is 13.6. The van der Waals surface area contributed by atoms with Crippen LogP contribution >= 0.6 is 0 Å². The fraction of sp³-hybridized carbons (Fsp3) is 0.600. The average Bonchev–Trinajstić information content (AvgIpc) is 3.34. The van der Waals surface area contributed by atoms with Gasteiger partial charge in [-0.05, 0) is 51.0 Å². The van der Waals surface area contributed by atoms with Gasteiger partial charge in [-0.25, -0.2) is 9.78 Å². The van der Waals surface area contributed by atoms with Crippen LogP contribution in [0, 0.1) is 12.8 Å². The van der Waals surface area contributed by atoms with Crippen molar-refractivity contribution in [3.05, 3.63) is 23.0 Å². The number of carboxylic acid groups (broad SMARTS) is 1. The summed E-state index contributed by atoms with van der Waals surface area (Å²) in [6.07, 6.45) is 6.72. The second kappa shape index (κ2) is 6.04. The molecule has 3 atom stereocenters. The first-order valence-electron chi connectivity index (χ1n) is 9.87.